The fourth-order valence-electron chi connectivity index (χ4n) is 1.63. The van der Waals surface area contributed by atoms with Gasteiger partial charge in [0.1, 0.15) is 5.69 Å². The molecule has 0 unspecified atom stereocenters. The summed E-state index contributed by atoms with van der Waals surface area (Å²) < 4.78 is 0. The summed E-state index contributed by atoms with van der Waals surface area (Å²) in [6.07, 6.45) is 0.737. The van der Waals surface area contributed by atoms with Crippen LogP contribution in [0.4, 0.5) is 0 Å². The molecule has 1 amide bonds. The van der Waals surface area contributed by atoms with Crippen LogP contribution in [-0.4, -0.2) is 35.9 Å². The SMILES string of the molecule is CN(CC(C)(C)C)C(=O)c1csc(CCN)n1. The predicted molar refractivity (Wildman–Crippen MR) is 71.3 cm³/mol. The molecule has 0 aromatic carbocycles. The molecule has 0 saturated carbocycles. The van der Waals surface area contributed by atoms with Gasteiger partial charge in [0, 0.05) is 25.4 Å². The zero-order valence-electron chi connectivity index (χ0n) is 11.0. The molecule has 0 spiro atoms. The number of hydrogen-bond donors (Lipinski definition) is 1. The Morgan fingerprint density at radius 2 is 2.18 bits per heavy atom. The molecular weight excluding hydrogens is 234 g/mol. The third-order valence-electron chi connectivity index (χ3n) is 2.19. The molecular formula is C12H21N3OS. The second-order valence-corrected chi connectivity index (χ2v) is 6.33. The van der Waals surface area contributed by atoms with Gasteiger partial charge in [-0.15, -0.1) is 11.3 Å². The Morgan fingerprint density at radius 3 is 2.71 bits per heavy atom. The number of rotatable bonds is 4. The summed E-state index contributed by atoms with van der Waals surface area (Å²) in [5, 5.41) is 2.74. The van der Waals surface area contributed by atoms with Crippen LogP contribution in [0.5, 0.6) is 0 Å². The Morgan fingerprint density at radius 1 is 1.53 bits per heavy atom. The summed E-state index contributed by atoms with van der Waals surface area (Å²) in [5.74, 6) is -0.0144. The molecule has 1 aromatic heterocycles. The van der Waals surface area contributed by atoms with Gasteiger partial charge in [-0.2, -0.15) is 0 Å². The van der Waals surface area contributed by atoms with E-state index in [1.165, 1.54) is 11.3 Å². The van der Waals surface area contributed by atoms with Gasteiger partial charge in [-0.25, -0.2) is 4.98 Å². The minimum absolute atomic E-state index is 0.0144. The van der Waals surface area contributed by atoms with Crippen LogP contribution in [0.2, 0.25) is 0 Å². The fraction of sp³-hybridized carbons (Fsp3) is 0.667. The maximum absolute atomic E-state index is 12.1. The third-order valence-corrected chi connectivity index (χ3v) is 3.10. The average Bonchev–Trinajstić information content (AvgIpc) is 2.63. The average molecular weight is 255 g/mol. The van der Waals surface area contributed by atoms with Crippen molar-refractivity contribution in [2.45, 2.75) is 27.2 Å². The minimum Gasteiger partial charge on any atom is -0.340 e. The summed E-state index contributed by atoms with van der Waals surface area (Å²) in [7, 11) is 1.82. The second kappa shape index (κ2) is 5.60. The lowest BCUT2D eigenvalue weighted by molar-refractivity contribution is 0.0740. The second-order valence-electron chi connectivity index (χ2n) is 5.39. The summed E-state index contributed by atoms with van der Waals surface area (Å²) in [4.78, 5) is 18.1. The maximum atomic E-state index is 12.1. The van der Waals surface area contributed by atoms with E-state index in [4.69, 9.17) is 5.73 Å². The number of amides is 1. The van der Waals surface area contributed by atoms with E-state index in [1.54, 1.807) is 4.90 Å². The number of nitrogens with two attached hydrogens (primary N) is 1. The Bertz CT molecular complexity index is 381. The van der Waals surface area contributed by atoms with Crippen molar-refractivity contribution in [3.05, 3.63) is 16.1 Å². The molecule has 5 heteroatoms. The van der Waals surface area contributed by atoms with E-state index in [1.807, 2.05) is 12.4 Å². The van der Waals surface area contributed by atoms with E-state index in [2.05, 4.69) is 25.8 Å². The van der Waals surface area contributed by atoms with Crippen LogP contribution in [0.25, 0.3) is 0 Å². The summed E-state index contributed by atoms with van der Waals surface area (Å²) in [6.45, 7) is 7.61. The lowest BCUT2D eigenvalue weighted by atomic mass is 9.96. The highest BCUT2D eigenvalue weighted by atomic mass is 32.1. The molecule has 1 aromatic rings. The van der Waals surface area contributed by atoms with Crippen molar-refractivity contribution in [3.63, 3.8) is 0 Å². The Labute approximate surface area is 107 Å². The Balaban J connectivity index is 2.68. The summed E-state index contributed by atoms with van der Waals surface area (Å²) in [5.41, 5.74) is 6.09. The lowest BCUT2D eigenvalue weighted by Crippen LogP contribution is -2.34. The van der Waals surface area contributed by atoms with Crippen LogP contribution in [0.1, 0.15) is 36.3 Å². The minimum atomic E-state index is -0.0144. The van der Waals surface area contributed by atoms with Gasteiger partial charge in [0.05, 0.1) is 5.01 Å². The smallest absolute Gasteiger partial charge is 0.273 e. The van der Waals surface area contributed by atoms with Crippen molar-refractivity contribution >= 4 is 17.2 Å². The van der Waals surface area contributed by atoms with Crippen LogP contribution in [0, 0.1) is 5.41 Å². The number of thiazole rings is 1. The molecule has 0 bridgehead atoms. The molecule has 1 heterocycles. The Hall–Kier alpha value is -0.940. The standard InChI is InChI=1S/C12H21N3OS/c1-12(2,3)8-15(4)11(16)9-7-17-10(14-9)5-6-13/h7H,5-6,8,13H2,1-4H3. The largest absolute Gasteiger partial charge is 0.340 e. The first-order valence-corrected chi connectivity index (χ1v) is 6.61. The monoisotopic (exact) mass is 255 g/mol. The van der Waals surface area contributed by atoms with Crippen LogP contribution in [-0.2, 0) is 6.42 Å². The van der Waals surface area contributed by atoms with Gasteiger partial charge < -0.3 is 10.6 Å². The van der Waals surface area contributed by atoms with Gasteiger partial charge in [0.2, 0.25) is 0 Å². The van der Waals surface area contributed by atoms with E-state index < -0.39 is 0 Å². The molecule has 4 nitrogen and oxygen atoms in total. The quantitative estimate of drug-likeness (QED) is 0.892. The Kier molecular flexibility index (Phi) is 4.65. The normalized spacial score (nSPS) is 11.6. The highest BCUT2D eigenvalue weighted by molar-refractivity contribution is 7.09. The van der Waals surface area contributed by atoms with Gasteiger partial charge in [-0.05, 0) is 12.0 Å². The number of aromatic nitrogens is 1. The van der Waals surface area contributed by atoms with Crippen LogP contribution >= 0.6 is 11.3 Å². The highest BCUT2D eigenvalue weighted by Gasteiger charge is 2.20. The molecule has 0 atom stereocenters. The number of carbonyl (C=O) groups is 1. The van der Waals surface area contributed by atoms with Crippen molar-refractivity contribution in [1.29, 1.82) is 0 Å². The fourth-order valence-corrected chi connectivity index (χ4v) is 2.41. The molecule has 17 heavy (non-hydrogen) atoms. The zero-order valence-corrected chi connectivity index (χ0v) is 11.8. The van der Waals surface area contributed by atoms with Crippen molar-refractivity contribution in [3.8, 4) is 0 Å². The molecule has 0 radical (unpaired) electrons. The van der Waals surface area contributed by atoms with Gasteiger partial charge >= 0.3 is 0 Å². The molecule has 0 fully saturated rings. The van der Waals surface area contributed by atoms with Gasteiger partial charge in [0.15, 0.2) is 0 Å². The maximum Gasteiger partial charge on any atom is 0.273 e. The van der Waals surface area contributed by atoms with E-state index >= 15 is 0 Å². The van der Waals surface area contributed by atoms with Crippen molar-refractivity contribution in [2.24, 2.45) is 11.1 Å². The van der Waals surface area contributed by atoms with Gasteiger partial charge in [-0.1, -0.05) is 20.8 Å². The summed E-state index contributed by atoms with van der Waals surface area (Å²) in [6, 6.07) is 0. The first-order chi connectivity index (χ1) is 7.83. The van der Waals surface area contributed by atoms with E-state index in [-0.39, 0.29) is 11.3 Å². The van der Waals surface area contributed by atoms with Crippen LogP contribution in [0.3, 0.4) is 0 Å². The van der Waals surface area contributed by atoms with Crippen LogP contribution in [0.15, 0.2) is 5.38 Å². The first kappa shape index (κ1) is 14.1. The van der Waals surface area contributed by atoms with E-state index in [9.17, 15) is 4.79 Å². The molecule has 0 aliphatic rings. The van der Waals surface area contributed by atoms with Crippen molar-refractivity contribution in [1.82, 2.24) is 9.88 Å². The van der Waals surface area contributed by atoms with Gasteiger partial charge in [-0.3, -0.25) is 4.79 Å². The molecule has 1 rings (SSSR count). The van der Waals surface area contributed by atoms with Crippen molar-refractivity contribution < 1.29 is 4.79 Å². The number of carbonyl (C=O) groups excluding carboxylic acids is 1. The van der Waals surface area contributed by atoms with Crippen LogP contribution < -0.4 is 5.73 Å². The summed E-state index contributed by atoms with van der Waals surface area (Å²) >= 11 is 1.50. The highest BCUT2D eigenvalue weighted by Crippen LogP contribution is 2.17. The molecule has 2 N–H and O–H groups in total. The predicted octanol–water partition coefficient (Wildman–Crippen LogP) is 1.76. The number of hydrogen-bond acceptors (Lipinski definition) is 4. The molecule has 0 saturated heterocycles. The molecule has 0 aliphatic carbocycles. The van der Waals surface area contributed by atoms with Gasteiger partial charge in [0.25, 0.3) is 5.91 Å². The lowest BCUT2D eigenvalue weighted by Gasteiger charge is -2.26. The molecule has 96 valence electrons. The molecule has 0 aliphatic heterocycles. The van der Waals surface area contributed by atoms with Crippen molar-refractivity contribution in [2.75, 3.05) is 20.1 Å². The first-order valence-electron chi connectivity index (χ1n) is 5.73. The zero-order chi connectivity index (χ0) is 13.1. The van der Waals surface area contributed by atoms with E-state index in [0.717, 1.165) is 18.0 Å². The topological polar surface area (TPSA) is 59.2 Å². The third kappa shape index (κ3) is 4.44. The number of nitrogens with zero attached hydrogens (tertiary/aromatic N) is 2. The van der Waals surface area contributed by atoms with E-state index in [0.29, 0.717) is 12.2 Å².